The Morgan fingerprint density at radius 2 is 1.70 bits per heavy atom. The molecule has 0 saturated carbocycles. The van der Waals surface area contributed by atoms with Crippen molar-refractivity contribution in [2.24, 2.45) is 0 Å². The molecule has 0 bridgehead atoms. The number of hydrogen-bond acceptors (Lipinski definition) is 8. The van der Waals surface area contributed by atoms with Crippen LogP contribution in [0.1, 0.15) is 16.8 Å². The summed E-state index contributed by atoms with van der Waals surface area (Å²) < 4.78 is 51.0. The highest BCUT2D eigenvalue weighted by molar-refractivity contribution is 7.91. The Labute approximate surface area is 217 Å². The number of pyridine rings is 1. The van der Waals surface area contributed by atoms with E-state index >= 15 is 0 Å². The standard InChI is InChI=1S/C23H21N3O6S2.C2H6O/c1-15-11-12-24-20(16(15)2)14-33(29)23-25-19-5-3-4-6-21(19)26(23)34(30,31)18-9-7-17(8-10-18)32-13-22(27)28;1-3-2/h3-12H,13-14H2,1-2H3,(H,27,28);1-2H3. The molecule has 0 spiro atoms. The number of carboxylic acids is 1. The number of ether oxygens (including phenoxy) is 2. The summed E-state index contributed by atoms with van der Waals surface area (Å²) >= 11 is 0. The van der Waals surface area contributed by atoms with E-state index < -0.39 is 33.4 Å². The fourth-order valence-electron chi connectivity index (χ4n) is 3.34. The normalized spacial score (nSPS) is 12.0. The van der Waals surface area contributed by atoms with Crippen molar-refractivity contribution in [3.8, 4) is 5.75 Å². The third-order valence-corrected chi connectivity index (χ3v) is 8.32. The summed E-state index contributed by atoms with van der Waals surface area (Å²) in [5.74, 6) is -0.928. The summed E-state index contributed by atoms with van der Waals surface area (Å²) in [5.41, 5.74) is 3.18. The topological polar surface area (TPSA) is 138 Å². The van der Waals surface area contributed by atoms with Crippen LogP contribution in [0, 0.1) is 13.8 Å². The van der Waals surface area contributed by atoms with Crippen molar-refractivity contribution in [1.82, 2.24) is 13.9 Å². The Bertz CT molecular complexity index is 1530. The maximum atomic E-state index is 13.6. The minimum absolute atomic E-state index is 0.00826. The first-order chi connectivity index (χ1) is 17.6. The third-order valence-electron chi connectivity index (χ3n) is 5.27. The first-order valence-corrected chi connectivity index (χ1v) is 13.7. The van der Waals surface area contributed by atoms with E-state index in [4.69, 9.17) is 9.84 Å². The van der Waals surface area contributed by atoms with Gasteiger partial charge in [-0.2, -0.15) is 0 Å². The maximum absolute atomic E-state index is 13.6. The summed E-state index contributed by atoms with van der Waals surface area (Å²) in [6.07, 6.45) is 1.63. The van der Waals surface area contributed by atoms with Crippen LogP contribution in [0.3, 0.4) is 0 Å². The first-order valence-electron chi connectivity index (χ1n) is 11.0. The van der Waals surface area contributed by atoms with Gasteiger partial charge in [-0.3, -0.25) is 9.19 Å². The van der Waals surface area contributed by atoms with Crippen LogP contribution in [0.15, 0.2) is 70.8 Å². The number of rotatable bonds is 8. The Morgan fingerprint density at radius 3 is 2.35 bits per heavy atom. The number of nitrogens with zero attached hydrogens (tertiary/aromatic N) is 3. The predicted molar refractivity (Wildman–Crippen MR) is 139 cm³/mol. The summed E-state index contributed by atoms with van der Waals surface area (Å²) in [4.78, 5) is 19.3. The number of para-hydroxylation sites is 2. The Hall–Kier alpha value is -3.61. The molecule has 2 aromatic carbocycles. The van der Waals surface area contributed by atoms with Crippen molar-refractivity contribution < 1.29 is 32.0 Å². The van der Waals surface area contributed by atoms with E-state index in [-0.39, 0.29) is 21.6 Å². The number of aryl methyl sites for hydroxylation is 1. The number of carbonyl (C=O) groups is 1. The highest BCUT2D eigenvalue weighted by atomic mass is 32.2. The summed E-state index contributed by atoms with van der Waals surface area (Å²) in [5, 5.41) is 8.64. The number of fused-ring (bicyclic) bond motifs is 1. The molecule has 37 heavy (non-hydrogen) atoms. The second kappa shape index (κ2) is 12.1. The molecule has 196 valence electrons. The molecule has 12 heteroatoms. The molecule has 0 saturated heterocycles. The molecule has 4 aromatic rings. The summed E-state index contributed by atoms with van der Waals surface area (Å²) in [6.45, 7) is 3.25. The van der Waals surface area contributed by atoms with Gasteiger partial charge in [-0.25, -0.2) is 22.2 Å². The molecule has 0 aliphatic heterocycles. The molecule has 0 radical (unpaired) electrons. The van der Waals surface area contributed by atoms with Gasteiger partial charge in [-0.15, -0.1) is 0 Å². The highest BCUT2D eigenvalue weighted by Gasteiger charge is 2.28. The van der Waals surface area contributed by atoms with E-state index in [1.54, 1.807) is 44.7 Å². The Morgan fingerprint density at radius 1 is 1.05 bits per heavy atom. The number of methoxy groups -OCH3 is 1. The van der Waals surface area contributed by atoms with Crippen LogP contribution in [0.2, 0.25) is 0 Å². The maximum Gasteiger partial charge on any atom is 0.341 e. The lowest BCUT2D eigenvalue weighted by Gasteiger charge is -2.12. The second-order valence-electron chi connectivity index (χ2n) is 7.90. The van der Waals surface area contributed by atoms with E-state index in [9.17, 15) is 17.4 Å². The Kier molecular flexibility index (Phi) is 9.14. The van der Waals surface area contributed by atoms with Crippen molar-refractivity contribution >= 4 is 37.8 Å². The van der Waals surface area contributed by atoms with Crippen molar-refractivity contribution in [3.63, 3.8) is 0 Å². The average Bonchev–Trinajstić information content (AvgIpc) is 3.27. The predicted octanol–water partition coefficient (Wildman–Crippen LogP) is 3.32. The number of aromatic nitrogens is 3. The molecule has 4 rings (SSSR count). The number of imidazole rings is 1. The third kappa shape index (κ3) is 6.40. The van der Waals surface area contributed by atoms with E-state index in [0.717, 1.165) is 15.1 Å². The van der Waals surface area contributed by atoms with Crippen LogP contribution in [0.4, 0.5) is 0 Å². The van der Waals surface area contributed by atoms with Crippen LogP contribution in [-0.4, -0.2) is 58.5 Å². The molecule has 10 nitrogen and oxygen atoms in total. The van der Waals surface area contributed by atoms with E-state index in [1.165, 1.54) is 24.3 Å². The quantitative estimate of drug-likeness (QED) is 0.353. The van der Waals surface area contributed by atoms with Crippen LogP contribution in [0.5, 0.6) is 5.75 Å². The zero-order chi connectivity index (χ0) is 27.2. The molecule has 0 fully saturated rings. The van der Waals surface area contributed by atoms with Gasteiger partial charge in [-0.1, -0.05) is 12.1 Å². The first kappa shape index (κ1) is 28.0. The number of benzene rings is 2. The van der Waals surface area contributed by atoms with Crippen molar-refractivity contribution in [2.75, 3.05) is 20.8 Å². The van der Waals surface area contributed by atoms with Gasteiger partial charge < -0.3 is 14.6 Å². The fourth-order valence-corrected chi connectivity index (χ4v) is 6.38. The Balaban J connectivity index is 0.00000121. The number of hydrogen-bond donors (Lipinski definition) is 1. The molecular formula is C25H27N3O7S2. The van der Waals surface area contributed by atoms with Gasteiger partial charge in [0.25, 0.3) is 10.0 Å². The number of aliphatic carboxylic acids is 1. The van der Waals surface area contributed by atoms with Crippen LogP contribution in [0.25, 0.3) is 11.0 Å². The molecule has 1 unspecified atom stereocenters. The molecule has 1 N–H and O–H groups in total. The van der Waals surface area contributed by atoms with Gasteiger partial charge in [0.1, 0.15) is 5.75 Å². The number of carboxylic acid groups (broad SMARTS) is 1. The van der Waals surface area contributed by atoms with E-state index in [2.05, 4.69) is 14.7 Å². The van der Waals surface area contributed by atoms with Gasteiger partial charge in [0.05, 0.1) is 38.2 Å². The molecule has 1 atom stereocenters. The lowest BCUT2D eigenvalue weighted by molar-refractivity contribution is -0.139. The monoisotopic (exact) mass is 545 g/mol. The lowest BCUT2D eigenvalue weighted by Crippen LogP contribution is -2.18. The second-order valence-corrected chi connectivity index (χ2v) is 11.0. The van der Waals surface area contributed by atoms with Gasteiger partial charge in [0, 0.05) is 20.4 Å². The van der Waals surface area contributed by atoms with Gasteiger partial charge in [0.15, 0.2) is 6.61 Å². The minimum atomic E-state index is -4.19. The average molecular weight is 546 g/mol. The molecular weight excluding hydrogens is 518 g/mol. The van der Waals surface area contributed by atoms with Crippen molar-refractivity contribution in [1.29, 1.82) is 0 Å². The van der Waals surface area contributed by atoms with Crippen molar-refractivity contribution in [2.45, 2.75) is 29.7 Å². The smallest absolute Gasteiger partial charge is 0.341 e. The summed E-state index contributed by atoms with van der Waals surface area (Å²) in [7, 11) is -2.75. The zero-order valence-electron chi connectivity index (χ0n) is 20.7. The van der Waals surface area contributed by atoms with E-state index in [0.29, 0.717) is 16.7 Å². The van der Waals surface area contributed by atoms with Crippen molar-refractivity contribution in [3.05, 3.63) is 77.6 Å². The van der Waals surface area contributed by atoms with Gasteiger partial charge >= 0.3 is 5.97 Å². The minimum Gasteiger partial charge on any atom is -0.482 e. The molecule has 0 amide bonds. The zero-order valence-corrected chi connectivity index (χ0v) is 22.4. The van der Waals surface area contributed by atoms with Gasteiger partial charge in [-0.05, 0) is 67.4 Å². The highest BCUT2D eigenvalue weighted by Crippen LogP contribution is 2.27. The lowest BCUT2D eigenvalue weighted by atomic mass is 10.1. The summed E-state index contributed by atoms with van der Waals surface area (Å²) in [6, 6.07) is 13.9. The molecule has 0 aliphatic rings. The SMILES string of the molecule is COC.Cc1ccnc(CS(=O)c2nc3ccccc3n2S(=O)(=O)c2ccc(OCC(=O)O)cc2)c1C. The van der Waals surface area contributed by atoms with Crippen LogP contribution >= 0.6 is 0 Å². The van der Waals surface area contributed by atoms with Crippen LogP contribution in [-0.2, 0) is 36.1 Å². The van der Waals surface area contributed by atoms with E-state index in [1.807, 2.05) is 19.9 Å². The molecule has 2 aromatic heterocycles. The van der Waals surface area contributed by atoms with Crippen LogP contribution < -0.4 is 4.74 Å². The largest absolute Gasteiger partial charge is 0.482 e. The fraction of sp³-hybridized carbons (Fsp3) is 0.240. The molecule has 0 aliphatic carbocycles. The van der Waals surface area contributed by atoms with Gasteiger partial charge in [0.2, 0.25) is 5.16 Å². The molecule has 2 heterocycles.